The topological polar surface area (TPSA) is 93.9 Å². The van der Waals surface area contributed by atoms with Crippen LogP contribution in [0.3, 0.4) is 0 Å². The van der Waals surface area contributed by atoms with Crippen molar-refractivity contribution in [2.24, 2.45) is 0 Å². The van der Waals surface area contributed by atoms with Gasteiger partial charge in [-0.25, -0.2) is 9.78 Å². The normalized spacial score (nSPS) is 13.9. The highest BCUT2D eigenvalue weighted by Gasteiger charge is 2.20. The summed E-state index contributed by atoms with van der Waals surface area (Å²) in [7, 11) is 1.31. The quantitative estimate of drug-likeness (QED) is 0.622. The fraction of sp³-hybridized carbons (Fsp3) is 0.286. The van der Waals surface area contributed by atoms with Crippen LogP contribution in [0.15, 0.2) is 40.1 Å². The second-order valence-electron chi connectivity index (χ2n) is 6.72. The second-order valence-corrected chi connectivity index (χ2v) is 7.58. The standard InChI is InChI=1S/C21H21N3O5S/c1-13-3-6-18(29-13)20-23-17(12-30-20)19(25)22-16-5-4-14(11-15(16)21(26)27-2)24-7-9-28-10-8-24/h3-6,11-12H,7-10H2,1-2H3,(H,22,25). The maximum atomic E-state index is 12.7. The first-order valence-electron chi connectivity index (χ1n) is 9.44. The summed E-state index contributed by atoms with van der Waals surface area (Å²) in [5.74, 6) is 0.450. The molecule has 9 heteroatoms. The summed E-state index contributed by atoms with van der Waals surface area (Å²) in [4.78, 5) is 31.5. The number of thiazole rings is 1. The number of furan rings is 1. The summed E-state index contributed by atoms with van der Waals surface area (Å²) in [6.45, 7) is 4.58. The van der Waals surface area contributed by atoms with Gasteiger partial charge >= 0.3 is 5.97 Å². The SMILES string of the molecule is COC(=O)c1cc(N2CCOCC2)ccc1NC(=O)c1csc(-c2ccc(C)o2)n1. The van der Waals surface area contributed by atoms with Crippen LogP contribution in [-0.2, 0) is 9.47 Å². The molecule has 0 aliphatic carbocycles. The first kappa shape index (κ1) is 20.1. The number of rotatable bonds is 5. The van der Waals surface area contributed by atoms with Gasteiger partial charge in [0.1, 0.15) is 11.5 Å². The molecule has 0 spiro atoms. The van der Waals surface area contributed by atoms with Crippen LogP contribution in [0.5, 0.6) is 0 Å². The van der Waals surface area contributed by atoms with Crippen LogP contribution >= 0.6 is 11.3 Å². The molecule has 2 aromatic heterocycles. The number of nitrogens with one attached hydrogen (secondary N) is 1. The van der Waals surface area contributed by atoms with Gasteiger partial charge in [0.15, 0.2) is 10.8 Å². The molecule has 1 amide bonds. The number of morpholine rings is 1. The maximum absolute atomic E-state index is 12.7. The predicted molar refractivity (Wildman–Crippen MR) is 113 cm³/mol. The number of ether oxygens (including phenoxy) is 2. The number of aryl methyl sites for hydroxylation is 1. The molecule has 0 radical (unpaired) electrons. The van der Waals surface area contributed by atoms with Gasteiger partial charge in [-0.3, -0.25) is 4.79 Å². The lowest BCUT2D eigenvalue weighted by molar-refractivity contribution is 0.0602. The van der Waals surface area contributed by atoms with E-state index in [0.717, 1.165) is 24.5 Å². The van der Waals surface area contributed by atoms with Crippen LogP contribution in [-0.4, -0.2) is 50.3 Å². The van der Waals surface area contributed by atoms with Gasteiger partial charge in [-0.2, -0.15) is 0 Å². The van der Waals surface area contributed by atoms with Gasteiger partial charge in [-0.1, -0.05) is 0 Å². The number of aromatic nitrogens is 1. The van der Waals surface area contributed by atoms with E-state index in [0.29, 0.717) is 29.7 Å². The zero-order valence-electron chi connectivity index (χ0n) is 16.6. The molecule has 156 valence electrons. The largest absolute Gasteiger partial charge is 0.465 e. The highest BCUT2D eigenvalue weighted by atomic mass is 32.1. The van der Waals surface area contributed by atoms with Crippen LogP contribution in [0.4, 0.5) is 11.4 Å². The van der Waals surface area contributed by atoms with Crippen molar-refractivity contribution in [2.75, 3.05) is 43.6 Å². The van der Waals surface area contributed by atoms with Gasteiger partial charge in [-0.05, 0) is 37.3 Å². The van der Waals surface area contributed by atoms with Gasteiger partial charge in [-0.15, -0.1) is 11.3 Å². The number of methoxy groups -OCH3 is 1. The smallest absolute Gasteiger partial charge is 0.340 e. The van der Waals surface area contributed by atoms with E-state index in [1.165, 1.54) is 18.4 Å². The van der Waals surface area contributed by atoms with Gasteiger partial charge in [0.05, 0.1) is 31.6 Å². The fourth-order valence-corrected chi connectivity index (χ4v) is 3.93. The Morgan fingerprint density at radius 3 is 2.70 bits per heavy atom. The number of hydrogen-bond donors (Lipinski definition) is 1. The van der Waals surface area contributed by atoms with E-state index in [-0.39, 0.29) is 11.3 Å². The molecule has 1 aliphatic rings. The molecule has 8 nitrogen and oxygen atoms in total. The zero-order chi connectivity index (χ0) is 21.1. The molecule has 0 bridgehead atoms. The molecule has 3 heterocycles. The molecule has 0 saturated carbocycles. The van der Waals surface area contributed by atoms with E-state index < -0.39 is 11.9 Å². The number of nitrogens with zero attached hydrogens (tertiary/aromatic N) is 2. The van der Waals surface area contributed by atoms with Gasteiger partial charge in [0.25, 0.3) is 5.91 Å². The van der Waals surface area contributed by atoms with Gasteiger partial charge < -0.3 is 24.1 Å². The highest BCUT2D eigenvalue weighted by Crippen LogP contribution is 2.28. The predicted octanol–water partition coefficient (Wildman–Crippen LogP) is 3.59. The number of amides is 1. The summed E-state index contributed by atoms with van der Waals surface area (Å²) in [5.41, 5.74) is 1.78. The molecular weight excluding hydrogens is 406 g/mol. The monoisotopic (exact) mass is 427 g/mol. The first-order valence-corrected chi connectivity index (χ1v) is 10.3. The Morgan fingerprint density at radius 2 is 2.00 bits per heavy atom. The highest BCUT2D eigenvalue weighted by molar-refractivity contribution is 7.13. The Kier molecular flexibility index (Phi) is 5.82. The molecule has 1 saturated heterocycles. The molecule has 0 unspecified atom stereocenters. The number of benzene rings is 1. The van der Waals surface area contributed by atoms with E-state index in [9.17, 15) is 9.59 Å². The molecule has 4 rings (SSSR count). The number of hydrogen-bond acceptors (Lipinski definition) is 8. The lowest BCUT2D eigenvalue weighted by Gasteiger charge is -2.29. The van der Waals surface area contributed by atoms with Crippen molar-refractivity contribution in [2.45, 2.75) is 6.92 Å². The number of carbonyl (C=O) groups is 2. The third-order valence-electron chi connectivity index (χ3n) is 4.72. The van der Waals surface area contributed by atoms with E-state index in [1.54, 1.807) is 17.5 Å². The van der Waals surface area contributed by atoms with E-state index in [1.807, 2.05) is 25.1 Å². The molecule has 1 aliphatic heterocycles. The molecule has 1 aromatic carbocycles. The number of carbonyl (C=O) groups excluding carboxylic acids is 2. The Bertz CT molecular complexity index is 1070. The third kappa shape index (κ3) is 4.22. The van der Waals surface area contributed by atoms with Crippen molar-refractivity contribution in [1.82, 2.24) is 4.98 Å². The Labute approximate surface area is 177 Å². The molecular formula is C21H21N3O5S. The lowest BCUT2D eigenvalue weighted by Crippen LogP contribution is -2.36. The van der Waals surface area contributed by atoms with Gasteiger partial charge in [0, 0.05) is 24.2 Å². The maximum Gasteiger partial charge on any atom is 0.340 e. The Hall–Kier alpha value is -3.17. The van der Waals surface area contributed by atoms with Crippen molar-refractivity contribution >= 4 is 34.6 Å². The van der Waals surface area contributed by atoms with E-state index in [2.05, 4.69) is 15.2 Å². The lowest BCUT2D eigenvalue weighted by atomic mass is 10.1. The average Bonchev–Trinajstić information content (AvgIpc) is 3.43. The van der Waals surface area contributed by atoms with Crippen LogP contribution < -0.4 is 10.2 Å². The van der Waals surface area contributed by atoms with Crippen LogP contribution in [0.2, 0.25) is 0 Å². The minimum Gasteiger partial charge on any atom is -0.465 e. The molecule has 0 atom stereocenters. The van der Waals surface area contributed by atoms with Crippen molar-refractivity contribution in [3.8, 4) is 10.8 Å². The zero-order valence-corrected chi connectivity index (χ0v) is 17.5. The number of anilines is 2. The summed E-state index contributed by atoms with van der Waals surface area (Å²) in [5, 5.41) is 5.04. The summed E-state index contributed by atoms with van der Waals surface area (Å²) in [6.07, 6.45) is 0. The van der Waals surface area contributed by atoms with Crippen molar-refractivity contribution < 1.29 is 23.5 Å². The molecule has 1 N–H and O–H groups in total. The van der Waals surface area contributed by atoms with Crippen molar-refractivity contribution in [3.05, 3.63) is 52.7 Å². The molecule has 30 heavy (non-hydrogen) atoms. The first-order chi connectivity index (χ1) is 14.5. The van der Waals surface area contributed by atoms with Gasteiger partial charge in [0.2, 0.25) is 0 Å². The molecule has 3 aromatic rings. The Balaban J connectivity index is 1.56. The summed E-state index contributed by atoms with van der Waals surface area (Å²) in [6, 6.07) is 8.96. The number of esters is 1. The van der Waals surface area contributed by atoms with Crippen molar-refractivity contribution in [3.63, 3.8) is 0 Å². The van der Waals surface area contributed by atoms with E-state index in [4.69, 9.17) is 13.9 Å². The summed E-state index contributed by atoms with van der Waals surface area (Å²) < 4.78 is 15.8. The van der Waals surface area contributed by atoms with Crippen LogP contribution in [0.25, 0.3) is 10.8 Å². The minimum absolute atomic E-state index is 0.247. The average molecular weight is 427 g/mol. The Morgan fingerprint density at radius 1 is 1.20 bits per heavy atom. The molecule has 1 fully saturated rings. The van der Waals surface area contributed by atoms with Crippen molar-refractivity contribution in [1.29, 1.82) is 0 Å². The minimum atomic E-state index is -0.523. The van der Waals surface area contributed by atoms with Crippen LogP contribution in [0, 0.1) is 6.92 Å². The summed E-state index contributed by atoms with van der Waals surface area (Å²) >= 11 is 1.32. The third-order valence-corrected chi connectivity index (χ3v) is 5.58. The second kappa shape index (κ2) is 8.68. The fourth-order valence-electron chi connectivity index (χ4n) is 3.17. The van der Waals surface area contributed by atoms with E-state index >= 15 is 0 Å². The van der Waals surface area contributed by atoms with Crippen LogP contribution in [0.1, 0.15) is 26.6 Å².